The molecule has 1 N–H and O–H groups in total. The number of benzene rings is 4. The maximum atomic E-state index is 13.7. The molecule has 0 unspecified atom stereocenters. The van der Waals surface area contributed by atoms with Crippen LogP contribution in [0.2, 0.25) is 5.02 Å². The van der Waals surface area contributed by atoms with Gasteiger partial charge in [0.25, 0.3) is 11.8 Å². The largest absolute Gasteiger partial charge is 0.348 e. The Balaban J connectivity index is 1.53. The minimum atomic E-state index is -1.58. The molecule has 7 heteroatoms. The number of carbonyl (C=O) groups excluding carboxylic acids is 2. The molecular weight excluding hydrogens is 480 g/mol. The first-order chi connectivity index (χ1) is 17.0. The standard InChI is InChI=1S/C28H21ClN2O3S/c29-23-12-6-4-10-21(23)17-30-27(32)20-14-15-26-24(16-20)31(18-19-8-2-1-3-9-19)28(33)22-11-5-7-13-25(22)35(26)34/h1-16H,17-18H2,(H,30,32)/t35-/m0/s1. The molecule has 5 nitrogen and oxygen atoms in total. The van der Waals surface area contributed by atoms with E-state index < -0.39 is 10.8 Å². The van der Waals surface area contributed by atoms with Crippen molar-refractivity contribution < 1.29 is 13.8 Å². The molecule has 0 saturated carbocycles. The van der Waals surface area contributed by atoms with Crippen LogP contribution in [0.25, 0.3) is 0 Å². The number of anilines is 1. The third-order valence-corrected chi connectivity index (χ3v) is 7.72. The highest BCUT2D eigenvalue weighted by atomic mass is 35.5. The third-order valence-electron chi connectivity index (χ3n) is 5.85. The quantitative estimate of drug-likeness (QED) is 0.388. The Labute approximate surface area is 210 Å². The Hall–Kier alpha value is -3.74. The molecule has 35 heavy (non-hydrogen) atoms. The van der Waals surface area contributed by atoms with Gasteiger partial charge in [0.1, 0.15) is 0 Å². The molecule has 0 spiro atoms. The molecule has 0 fully saturated rings. The summed E-state index contributed by atoms with van der Waals surface area (Å²) in [5, 5.41) is 3.45. The van der Waals surface area contributed by atoms with E-state index in [0.717, 1.165) is 11.1 Å². The lowest BCUT2D eigenvalue weighted by Crippen LogP contribution is -2.31. The molecular formula is C28H21ClN2O3S. The summed E-state index contributed by atoms with van der Waals surface area (Å²) in [6.07, 6.45) is 0. The lowest BCUT2D eigenvalue weighted by atomic mass is 10.1. The van der Waals surface area contributed by atoms with Gasteiger partial charge in [-0.05, 0) is 47.5 Å². The zero-order valence-electron chi connectivity index (χ0n) is 18.6. The van der Waals surface area contributed by atoms with Crippen LogP contribution < -0.4 is 10.2 Å². The Kier molecular flexibility index (Phi) is 6.49. The Morgan fingerprint density at radius 2 is 1.57 bits per heavy atom. The maximum Gasteiger partial charge on any atom is 0.259 e. The van der Waals surface area contributed by atoms with Crippen molar-refractivity contribution in [1.29, 1.82) is 0 Å². The van der Waals surface area contributed by atoms with E-state index in [9.17, 15) is 13.8 Å². The number of fused-ring (bicyclic) bond motifs is 2. The Bertz CT molecular complexity index is 1460. The average molecular weight is 501 g/mol. The van der Waals surface area contributed by atoms with Gasteiger partial charge in [-0.25, -0.2) is 4.21 Å². The molecule has 2 amide bonds. The Morgan fingerprint density at radius 1 is 0.857 bits per heavy atom. The number of rotatable bonds is 5. The second kappa shape index (κ2) is 9.86. The maximum absolute atomic E-state index is 13.7. The smallest absolute Gasteiger partial charge is 0.259 e. The monoisotopic (exact) mass is 500 g/mol. The van der Waals surface area contributed by atoms with Crippen LogP contribution in [0.1, 0.15) is 31.8 Å². The Morgan fingerprint density at radius 3 is 2.37 bits per heavy atom. The van der Waals surface area contributed by atoms with Crippen molar-refractivity contribution >= 4 is 39.9 Å². The van der Waals surface area contributed by atoms with Gasteiger partial charge in [0.2, 0.25) is 0 Å². The predicted molar refractivity (Wildman–Crippen MR) is 137 cm³/mol. The van der Waals surface area contributed by atoms with Gasteiger partial charge in [-0.15, -0.1) is 0 Å². The number of hydrogen-bond acceptors (Lipinski definition) is 3. The average Bonchev–Trinajstić information content (AvgIpc) is 2.98. The topological polar surface area (TPSA) is 66.5 Å². The van der Waals surface area contributed by atoms with E-state index in [1.165, 1.54) is 0 Å². The molecule has 174 valence electrons. The van der Waals surface area contributed by atoms with Gasteiger partial charge in [0.05, 0.1) is 38.4 Å². The van der Waals surface area contributed by atoms with Gasteiger partial charge >= 0.3 is 0 Å². The summed E-state index contributed by atoms with van der Waals surface area (Å²) in [6.45, 7) is 0.544. The molecule has 1 heterocycles. The zero-order chi connectivity index (χ0) is 24.4. The molecule has 4 aromatic carbocycles. The van der Waals surface area contributed by atoms with Gasteiger partial charge in [-0.1, -0.05) is 72.3 Å². The first-order valence-corrected chi connectivity index (χ1v) is 12.6. The summed E-state index contributed by atoms with van der Waals surface area (Å²) in [5.74, 6) is -0.572. The highest BCUT2D eigenvalue weighted by molar-refractivity contribution is 7.85. The van der Waals surface area contributed by atoms with Gasteiger partial charge in [0, 0.05) is 17.1 Å². The normalized spacial score (nSPS) is 14.6. The van der Waals surface area contributed by atoms with Crippen LogP contribution in [-0.4, -0.2) is 16.0 Å². The van der Waals surface area contributed by atoms with E-state index in [1.807, 2.05) is 48.5 Å². The van der Waals surface area contributed by atoms with E-state index in [2.05, 4.69) is 5.32 Å². The van der Waals surface area contributed by atoms with Crippen LogP contribution in [0.5, 0.6) is 0 Å². The molecule has 0 bridgehead atoms. The molecule has 1 aliphatic heterocycles. The highest BCUT2D eigenvalue weighted by Gasteiger charge is 2.31. The molecule has 0 aromatic heterocycles. The van der Waals surface area contributed by atoms with Crippen molar-refractivity contribution in [3.8, 4) is 0 Å². The minimum absolute atomic E-state index is 0.259. The molecule has 0 saturated heterocycles. The second-order valence-corrected chi connectivity index (χ2v) is 9.92. The van der Waals surface area contributed by atoms with Gasteiger partial charge in [-0.3, -0.25) is 9.59 Å². The fourth-order valence-electron chi connectivity index (χ4n) is 4.05. The lowest BCUT2D eigenvalue weighted by Gasteiger charge is -2.23. The number of amides is 2. The van der Waals surface area contributed by atoms with E-state index in [0.29, 0.717) is 31.6 Å². The molecule has 0 radical (unpaired) electrons. The van der Waals surface area contributed by atoms with E-state index in [4.69, 9.17) is 11.6 Å². The van der Waals surface area contributed by atoms with Crippen LogP contribution in [-0.2, 0) is 23.9 Å². The zero-order valence-corrected chi connectivity index (χ0v) is 20.2. The summed E-state index contributed by atoms with van der Waals surface area (Å²) in [5.41, 5.74) is 2.94. The number of carbonyl (C=O) groups is 2. The van der Waals surface area contributed by atoms with Crippen LogP contribution >= 0.6 is 11.6 Å². The van der Waals surface area contributed by atoms with Crippen LogP contribution in [0.15, 0.2) is 107 Å². The van der Waals surface area contributed by atoms with Crippen LogP contribution in [0, 0.1) is 0 Å². The number of hydrogen-bond donors (Lipinski definition) is 1. The molecule has 4 aromatic rings. The van der Waals surface area contributed by atoms with E-state index in [1.54, 1.807) is 53.4 Å². The SMILES string of the molecule is O=C(NCc1ccccc1Cl)c1ccc2c(c1)N(Cc1ccccc1)C(=O)c1ccccc1[S@@]2=O. The lowest BCUT2D eigenvalue weighted by molar-refractivity contribution is 0.0947. The molecule has 5 rings (SSSR count). The predicted octanol–water partition coefficient (Wildman–Crippen LogP) is 5.60. The molecule has 1 atom stereocenters. The summed E-state index contributed by atoms with van der Waals surface area (Å²) in [7, 11) is -1.58. The minimum Gasteiger partial charge on any atom is -0.348 e. The first-order valence-electron chi connectivity index (χ1n) is 11.0. The van der Waals surface area contributed by atoms with Crippen molar-refractivity contribution in [2.24, 2.45) is 0 Å². The molecule has 0 aliphatic carbocycles. The van der Waals surface area contributed by atoms with Crippen molar-refractivity contribution in [3.05, 3.63) is 124 Å². The summed E-state index contributed by atoms with van der Waals surface area (Å²) in [4.78, 5) is 29.2. The van der Waals surface area contributed by atoms with E-state index in [-0.39, 0.29) is 24.9 Å². The number of nitrogens with zero attached hydrogens (tertiary/aromatic N) is 1. The number of nitrogens with one attached hydrogen (secondary N) is 1. The first kappa shape index (κ1) is 23.0. The number of halogens is 1. The second-order valence-electron chi connectivity index (χ2n) is 8.10. The van der Waals surface area contributed by atoms with Crippen LogP contribution in [0.3, 0.4) is 0 Å². The fourth-order valence-corrected chi connectivity index (χ4v) is 5.59. The van der Waals surface area contributed by atoms with Gasteiger partial charge in [-0.2, -0.15) is 0 Å². The summed E-state index contributed by atoms with van der Waals surface area (Å²) >= 11 is 6.21. The fraction of sp³-hybridized carbons (Fsp3) is 0.0714. The summed E-state index contributed by atoms with van der Waals surface area (Å²) in [6, 6.07) is 28.8. The van der Waals surface area contributed by atoms with Crippen molar-refractivity contribution in [2.75, 3.05) is 4.90 Å². The molecule has 1 aliphatic rings. The third kappa shape index (κ3) is 4.63. The van der Waals surface area contributed by atoms with Crippen LogP contribution in [0.4, 0.5) is 5.69 Å². The van der Waals surface area contributed by atoms with Gasteiger partial charge < -0.3 is 10.2 Å². The van der Waals surface area contributed by atoms with Crippen molar-refractivity contribution in [2.45, 2.75) is 22.9 Å². The van der Waals surface area contributed by atoms with E-state index >= 15 is 0 Å². The van der Waals surface area contributed by atoms with Crippen molar-refractivity contribution in [1.82, 2.24) is 5.32 Å². The van der Waals surface area contributed by atoms with Gasteiger partial charge in [0.15, 0.2) is 0 Å². The summed E-state index contributed by atoms with van der Waals surface area (Å²) < 4.78 is 13.5. The highest BCUT2D eigenvalue weighted by Crippen LogP contribution is 2.36. The van der Waals surface area contributed by atoms with Crippen molar-refractivity contribution in [3.63, 3.8) is 0 Å².